The number of nitrogens with zero attached hydrogens (tertiary/aromatic N) is 4. The van der Waals surface area contributed by atoms with Crippen molar-refractivity contribution in [3.05, 3.63) is 109 Å². The molecule has 170 valence electrons. The molecule has 0 saturated heterocycles. The molecule has 4 aromatic carbocycles. The Bertz CT molecular complexity index is 2070. The first-order chi connectivity index (χ1) is 17.8. The molecule has 4 heterocycles. The van der Waals surface area contributed by atoms with Gasteiger partial charge in [0.05, 0.1) is 21.9 Å². The lowest BCUT2D eigenvalue weighted by Gasteiger charge is -2.12. The number of hydrogen-bond acceptors (Lipinski definition) is 3. The minimum atomic E-state index is 0.841. The molecule has 0 fully saturated rings. The number of rotatable bonds is 2. The van der Waals surface area contributed by atoms with Gasteiger partial charge in [-0.15, -0.1) is 0 Å². The SMILES string of the molecule is Cc1cnc2c3conc3c3ccc(-c4cccc(-n5c6ccccc6c6ccccc65)c4)cc3n12. The molecule has 0 N–H and O–H groups in total. The Balaban J connectivity index is 1.38. The number of pyridine rings is 1. The monoisotopic (exact) mass is 464 g/mol. The van der Waals surface area contributed by atoms with Crippen LogP contribution >= 0.6 is 0 Å². The van der Waals surface area contributed by atoms with Crippen molar-refractivity contribution in [2.24, 2.45) is 0 Å². The number of benzene rings is 4. The maximum absolute atomic E-state index is 5.33. The van der Waals surface area contributed by atoms with E-state index < -0.39 is 0 Å². The lowest BCUT2D eigenvalue weighted by molar-refractivity contribution is 0.429. The van der Waals surface area contributed by atoms with Crippen LogP contribution in [0.25, 0.3) is 66.1 Å². The summed E-state index contributed by atoms with van der Waals surface area (Å²) in [4.78, 5) is 4.64. The first-order valence-electron chi connectivity index (χ1n) is 12.0. The fourth-order valence-electron chi connectivity index (χ4n) is 5.64. The lowest BCUT2D eigenvalue weighted by atomic mass is 10.0. The standard InChI is InChI=1S/C31H20N4O/c1-19-17-32-31-26-18-36-33-30(26)25-14-13-21(16-29(25)34(19)31)20-7-6-8-22(15-20)35-27-11-4-2-9-23(27)24-10-3-5-12-28(24)35/h2-18H,1H3. The Labute approximate surface area is 205 Å². The summed E-state index contributed by atoms with van der Waals surface area (Å²) in [6, 6.07) is 32.5. The van der Waals surface area contributed by atoms with Crippen LogP contribution in [-0.2, 0) is 0 Å². The number of fused-ring (bicyclic) bond motifs is 9. The van der Waals surface area contributed by atoms with Crippen molar-refractivity contribution in [1.82, 2.24) is 19.1 Å². The zero-order valence-electron chi connectivity index (χ0n) is 19.5. The van der Waals surface area contributed by atoms with E-state index in [1.807, 2.05) is 6.20 Å². The molecule has 5 nitrogen and oxygen atoms in total. The van der Waals surface area contributed by atoms with E-state index in [-0.39, 0.29) is 0 Å². The molecular formula is C31H20N4O. The van der Waals surface area contributed by atoms with Gasteiger partial charge < -0.3 is 9.09 Å². The minimum Gasteiger partial charge on any atom is -0.363 e. The maximum Gasteiger partial charge on any atom is 0.150 e. The number of aryl methyl sites for hydroxylation is 1. The van der Waals surface area contributed by atoms with E-state index in [1.165, 1.54) is 21.8 Å². The minimum absolute atomic E-state index is 0.841. The summed E-state index contributed by atoms with van der Waals surface area (Å²) >= 11 is 0. The van der Waals surface area contributed by atoms with Crippen LogP contribution in [0.1, 0.15) is 5.69 Å². The zero-order valence-corrected chi connectivity index (χ0v) is 19.5. The van der Waals surface area contributed by atoms with Gasteiger partial charge in [-0.1, -0.05) is 59.8 Å². The number of para-hydroxylation sites is 2. The van der Waals surface area contributed by atoms with Crippen molar-refractivity contribution in [2.45, 2.75) is 6.92 Å². The summed E-state index contributed by atoms with van der Waals surface area (Å²) in [7, 11) is 0. The highest BCUT2D eigenvalue weighted by Gasteiger charge is 2.16. The quantitative estimate of drug-likeness (QED) is 0.263. The highest BCUT2D eigenvalue weighted by Crippen LogP contribution is 2.35. The highest BCUT2D eigenvalue weighted by molar-refractivity contribution is 6.11. The molecule has 8 rings (SSSR count). The van der Waals surface area contributed by atoms with E-state index >= 15 is 0 Å². The molecule has 0 bridgehead atoms. The molecule has 0 radical (unpaired) electrons. The second-order valence-electron chi connectivity index (χ2n) is 9.29. The van der Waals surface area contributed by atoms with E-state index in [1.54, 1.807) is 6.26 Å². The van der Waals surface area contributed by atoms with E-state index in [9.17, 15) is 0 Å². The van der Waals surface area contributed by atoms with Crippen LogP contribution < -0.4 is 0 Å². The molecular weight excluding hydrogens is 444 g/mol. The maximum atomic E-state index is 5.33. The van der Waals surface area contributed by atoms with Gasteiger partial charge in [0.15, 0.2) is 0 Å². The van der Waals surface area contributed by atoms with Crippen LogP contribution in [0.4, 0.5) is 0 Å². The summed E-state index contributed by atoms with van der Waals surface area (Å²) in [5.74, 6) is 0. The average Bonchev–Trinajstić information content (AvgIpc) is 3.64. The van der Waals surface area contributed by atoms with E-state index in [2.05, 4.69) is 117 Å². The first kappa shape index (κ1) is 19.4. The van der Waals surface area contributed by atoms with Gasteiger partial charge in [-0.05, 0) is 54.4 Å². The van der Waals surface area contributed by atoms with Gasteiger partial charge >= 0.3 is 0 Å². The smallest absolute Gasteiger partial charge is 0.150 e. The molecule has 8 aromatic rings. The Hall–Kier alpha value is -4.90. The predicted octanol–water partition coefficient (Wildman–Crippen LogP) is 7.70. The Morgan fingerprint density at radius 1 is 0.667 bits per heavy atom. The van der Waals surface area contributed by atoms with Gasteiger partial charge in [0, 0.05) is 33.7 Å². The van der Waals surface area contributed by atoms with E-state index in [4.69, 9.17) is 4.52 Å². The zero-order chi connectivity index (χ0) is 23.8. The van der Waals surface area contributed by atoms with Gasteiger partial charge in [0.2, 0.25) is 0 Å². The summed E-state index contributed by atoms with van der Waals surface area (Å²) in [6.45, 7) is 2.08. The third kappa shape index (κ3) is 2.54. The number of hydrogen-bond donors (Lipinski definition) is 0. The third-order valence-corrected chi connectivity index (χ3v) is 7.26. The van der Waals surface area contributed by atoms with Gasteiger partial charge in [-0.2, -0.15) is 0 Å². The Morgan fingerprint density at radius 3 is 2.22 bits per heavy atom. The van der Waals surface area contributed by atoms with Crippen LogP contribution in [0.5, 0.6) is 0 Å². The van der Waals surface area contributed by atoms with Crippen molar-refractivity contribution in [1.29, 1.82) is 0 Å². The molecule has 5 heteroatoms. The molecule has 36 heavy (non-hydrogen) atoms. The van der Waals surface area contributed by atoms with Crippen molar-refractivity contribution in [2.75, 3.05) is 0 Å². The Kier molecular flexibility index (Phi) is 3.80. The molecule has 0 amide bonds. The third-order valence-electron chi connectivity index (χ3n) is 7.26. The van der Waals surface area contributed by atoms with Gasteiger partial charge in [0.25, 0.3) is 0 Å². The summed E-state index contributed by atoms with van der Waals surface area (Å²) in [6.07, 6.45) is 3.58. The van der Waals surface area contributed by atoms with Crippen molar-refractivity contribution >= 4 is 49.3 Å². The molecule has 0 aliphatic rings. The second kappa shape index (κ2) is 7.06. The van der Waals surface area contributed by atoms with E-state index in [0.29, 0.717) is 0 Å². The van der Waals surface area contributed by atoms with Crippen LogP contribution in [0.15, 0.2) is 108 Å². The topological polar surface area (TPSA) is 48.3 Å². The first-order valence-corrected chi connectivity index (χ1v) is 12.0. The van der Waals surface area contributed by atoms with Crippen molar-refractivity contribution in [3.63, 3.8) is 0 Å². The summed E-state index contributed by atoms with van der Waals surface area (Å²) < 4.78 is 9.87. The summed E-state index contributed by atoms with van der Waals surface area (Å²) in [5, 5.41) is 8.79. The van der Waals surface area contributed by atoms with Crippen LogP contribution in [-0.4, -0.2) is 19.1 Å². The van der Waals surface area contributed by atoms with Crippen LogP contribution in [0.3, 0.4) is 0 Å². The molecule has 0 unspecified atom stereocenters. The molecule has 0 aliphatic carbocycles. The molecule has 4 aromatic heterocycles. The van der Waals surface area contributed by atoms with Gasteiger partial charge in [-0.25, -0.2) is 4.98 Å². The second-order valence-corrected chi connectivity index (χ2v) is 9.29. The molecule has 0 aliphatic heterocycles. The molecule has 0 atom stereocenters. The molecule has 0 saturated carbocycles. The average molecular weight is 465 g/mol. The largest absolute Gasteiger partial charge is 0.363 e. The lowest BCUT2D eigenvalue weighted by Crippen LogP contribution is -1.95. The van der Waals surface area contributed by atoms with Gasteiger partial charge in [0.1, 0.15) is 17.4 Å². The fraction of sp³-hybridized carbons (Fsp3) is 0.0323. The fourth-order valence-corrected chi connectivity index (χ4v) is 5.64. The molecule has 0 spiro atoms. The Morgan fingerprint density at radius 2 is 1.42 bits per heavy atom. The van der Waals surface area contributed by atoms with E-state index in [0.717, 1.165) is 50.0 Å². The summed E-state index contributed by atoms with van der Waals surface area (Å²) in [5.41, 5.74) is 9.71. The normalized spacial score (nSPS) is 12.0. The van der Waals surface area contributed by atoms with Crippen LogP contribution in [0, 0.1) is 6.92 Å². The highest BCUT2D eigenvalue weighted by atomic mass is 16.5. The van der Waals surface area contributed by atoms with Gasteiger partial charge in [-0.3, -0.25) is 4.40 Å². The van der Waals surface area contributed by atoms with Crippen molar-refractivity contribution < 1.29 is 4.52 Å². The number of imidazole rings is 1. The number of aromatic nitrogens is 4. The van der Waals surface area contributed by atoms with Crippen LogP contribution in [0.2, 0.25) is 0 Å². The van der Waals surface area contributed by atoms with Crippen molar-refractivity contribution in [3.8, 4) is 16.8 Å². The predicted molar refractivity (Wildman–Crippen MR) is 145 cm³/mol.